The van der Waals surface area contributed by atoms with Gasteiger partial charge in [0.05, 0.1) is 13.7 Å². The molecule has 126 valence electrons. The number of methoxy groups -OCH3 is 1. The van der Waals surface area contributed by atoms with E-state index in [-0.39, 0.29) is 6.54 Å². The van der Waals surface area contributed by atoms with Gasteiger partial charge in [0, 0.05) is 11.4 Å². The molecule has 1 aromatic carbocycles. The topological polar surface area (TPSA) is 64.6 Å². The first kappa shape index (κ1) is 17.8. The van der Waals surface area contributed by atoms with Crippen LogP contribution in [0.25, 0.3) is 0 Å². The maximum atomic E-state index is 12.3. The summed E-state index contributed by atoms with van der Waals surface area (Å²) in [4.78, 5) is 1.05. The number of rotatable bonds is 8. The van der Waals surface area contributed by atoms with Crippen molar-refractivity contribution in [2.75, 3.05) is 13.7 Å². The van der Waals surface area contributed by atoms with Gasteiger partial charge in [-0.05, 0) is 43.2 Å². The van der Waals surface area contributed by atoms with Crippen LogP contribution in [0.3, 0.4) is 0 Å². The lowest BCUT2D eigenvalue weighted by atomic mass is 10.2. The van der Waals surface area contributed by atoms with E-state index in [1.165, 1.54) is 11.3 Å². The van der Waals surface area contributed by atoms with E-state index in [1.54, 1.807) is 25.3 Å². The standard InChI is InChI=1S/C16H21NO4S2/c1-4-13-7-9-16(22-13)23(18,19)17-11-12-6-8-14(21-5-2)15(10-12)20-3/h6-10,17H,4-5,11H2,1-3H3. The second-order valence-corrected chi connectivity index (χ2v) is 7.98. The summed E-state index contributed by atoms with van der Waals surface area (Å²) in [5, 5.41) is 0. The molecule has 0 spiro atoms. The van der Waals surface area contributed by atoms with Gasteiger partial charge in [0.2, 0.25) is 10.0 Å². The molecule has 1 aromatic heterocycles. The lowest BCUT2D eigenvalue weighted by Gasteiger charge is -2.11. The minimum absolute atomic E-state index is 0.199. The number of thiophene rings is 1. The van der Waals surface area contributed by atoms with E-state index >= 15 is 0 Å². The molecule has 0 saturated heterocycles. The van der Waals surface area contributed by atoms with E-state index in [9.17, 15) is 8.42 Å². The average Bonchev–Trinajstić information content (AvgIpc) is 3.04. The third-order valence-electron chi connectivity index (χ3n) is 3.24. The molecule has 23 heavy (non-hydrogen) atoms. The van der Waals surface area contributed by atoms with E-state index in [0.717, 1.165) is 16.9 Å². The van der Waals surface area contributed by atoms with E-state index in [1.807, 2.05) is 26.0 Å². The monoisotopic (exact) mass is 355 g/mol. The first-order valence-corrected chi connectivity index (χ1v) is 9.68. The van der Waals surface area contributed by atoms with Gasteiger partial charge >= 0.3 is 0 Å². The van der Waals surface area contributed by atoms with Gasteiger partial charge in [-0.3, -0.25) is 0 Å². The van der Waals surface area contributed by atoms with Gasteiger partial charge in [0.15, 0.2) is 11.5 Å². The molecule has 0 unspecified atom stereocenters. The fourth-order valence-corrected chi connectivity index (χ4v) is 4.40. The molecule has 5 nitrogen and oxygen atoms in total. The van der Waals surface area contributed by atoms with Gasteiger partial charge in [-0.15, -0.1) is 11.3 Å². The summed E-state index contributed by atoms with van der Waals surface area (Å²) >= 11 is 1.30. The number of nitrogens with one attached hydrogen (secondary N) is 1. The molecule has 1 heterocycles. The van der Waals surface area contributed by atoms with Crippen LogP contribution in [0.2, 0.25) is 0 Å². The van der Waals surface area contributed by atoms with Crippen molar-refractivity contribution < 1.29 is 17.9 Å². The lowest BCUT2D eigenvalue weighted by molar-refractivity contribution is 0.310. The van der Waals surface area contributed by atoms with Crippen molar-refractivity contribution in [2.24, 2.45) is 0 Å². The predicted octanol–water partition coefficient (Wildman–Crippen LogP) is 3.20. The lowest BCUT2D eigenvalue weighted by Crippen LogP contribution is -2.22. The summed E-state index contributed by atoms with van der Waals surface area (Å²) in [5.74, 6) is 1.24. The van der Waals surface area contributed by atoms with Crippen molar-refractivity contribution >= 4 is 21.4 Å². The molecule has 0 aliphatic heterocycles. The van der Waals surface area contributed by atoms with E-state index in [2.05, 4.69) is 4.72 Å². The van der Waals surface area contributed by atoms with Crippen molar-refractivity contribution in [3.63, 3.8) is 0 Å². The number of aryl methyl sites for hydroxylation is 1. The normalized spacial score (nSPS) is 11.4. The summed E-state index contributed by atoms with van der Waals surface area (Å²) in [7, 11) is -1.93. The zero-order valence-corrected chi connectivity index (χ0v) is 15.1. The van der Waals surface area contributed by atoms with Crippen LogP contribution in [0.1, 0.15) is 24.3 Å². The maximum Gasteiger partial charge on any atom is 0.250 e. The third-order valence-corrected chi connectivity index (χ3v) is 6.37. The Morgan fingerprint density at radius 1 is 1.13 bits per heavy atom. The van der Waals surface area contributed by atoms with Crippen LogP contribution in [0, 0.1) is 0 Å². The molecule has 0 aliphatic carbocycles. The molecule has 0 radical (unpaired) electrons. The molecule has 1 N–H and O–H groups in total. The van der Waals surface area contributed by atoms with Crippen LogP contribution < -0.4 is 14.2 Å². The van der Waals surface area contributed by atoms with E-state index < -0.39 is 10.0 Å². The molecule has 0 fully saturated rings. The molecule has 0 aliphatic rings. The van der Waals surface area contributed by atoms with Crippen LogP contribution in [0.5, 0.6) is 11.5 Å². The maximum absolute atomic E-state index is 12.3. The fourth-order valence-electron chi connectivity index (χ4n) is 2.04. The largest absolute Gasteiger partial charge is 0.493 e. The fraction of sp³-hybridized carbons (Fsp3) is 0.375. The summed E-state index contributed by atoms with van der Waals surface area (Å²) < 4.78 is 38.3. The number of hydrogen-bond acceptors (Lipinski definition) is 5. The Balaban J connectivity index is 2.10. The van der Waals surface area contributed by atoms with Gasteiger partial charge in [-0.25, -0.2) is 13.1 Å². The Kier molecular flexibility index (Phi) is 6.04. The Labute approximate surface area is 141 Å². The highest BCUT2D eigenvalue weighted by molar-refractivity contribution is 7.91. The average molecular weight is 355 g/mol. The van der Waals surface area contributed by atoms with Gasteiger partial charge < -0.3 is 9.47 Å². The summed E-state index contributed by atoms with van der Waals surface area (Å²) in [6.45, 7) is 4.64. The zero-order valence-electron chi connectivity index (χ0n) is 13.5. The number of benzene rings is 1. The van der Waals surface area contributed by atoms with E-state index in [4.69, 9.17) is 9.47 Å². The molecule has 2 aromatic rings. The highest BCUT2D eigenvalue weighted by atomic mass is 32.2. The highest BCUT2D eigenvalue weighted by Gasteiger charge is 2.16. The number of hydrogen-bond donors (Lipinski definition) is 1. The SMILES string of the molecule is CCOc1ccc(CNS(=O)(=O)c2ccc(CC)s2)cc1OC. The second-order valence-electron chi connectivity index (χ2n) is 4.82. The molecule has 2 rings (SSSR count). The summed E-state index contributed by atoms with van der Waals surface area (Å²) in [5.41, 5.74) is 0.807. The third kappa shape index (κ3) is 4.46. The molecule has 0 bridgehead atoms. The Morgan fingerprint density at radius 3 is 2.52 bits per heavy atom. The molecule has 0 atom stereocenters. The highest BCUT2D eigenvalue weighted by Crippen LogP contribution is 2.28. The van der Waals surface area contributed by atoms with E-state index in [0.29, 0.717) is 22.3 Å². The number of sulfonamides is 1. The molecule has 0 saturated carbocycles. The van der Waals surface area contributed by atoms with Gasteiger partial charge in [0.1, 0.15) is 4.21 Å². The minimum Gasteiger partial charge on any atom is -0.493 e. The predicted molar refractivity (Wildman–Crippen MR) is 91.9 cm³/mol. The van der Waals surface area contributed by atoms with Crippen molar-refractivity contribution in [1.29, 1.82) is 0 Å². The second kappa shape index (κ2) is 7.81. The minimum atomic E-state index is -3.49. The van der Waals surface area contributed by atoms with Crippen LogP contribution >= 0.6 is 11.3 Å². The van der Waals surface area contributed by atoms with Crippen molar-refractivity contribution in [3.05, 3.63) is 40.8 Å². The Bertz CT molecular complexity index is 753. The van der Waals surface area contributed by atoms with Crippen LogP contribution in [0.15, 0.2) is 34.5 Å². The van der Waals surface area contributed by atoms with Gasteiger partial charge in [-0.2, -0.15) is 0 Å². The number of ether oxygens (including phenoxy) is 2. The molecule has 7 heteroatoms. The zero-order chi connectivity index (χ0) is 16.9. The van der Waals surface area contributed by atoms with Crippen LogP contribution in [0.4, 0.5) is 0 Å². The summed E-state index contributed by atoms with van der Waals surface area (Å²) in [6.07, 6.45) is 0.830. The molecule has 0 amide bonds. The van der Waals surface area contributed by atoms with Crippen LogP contribution in [-0.4, -0.2) is 22.1 Å². The van der Waals surface area contributed by atoms with Crippen molar-refractivity contribution in [3.8, 4) is 11.5 Å². The molecular formula is C16H21NO4S2. The van der Waals surface area contributed by atoms with Crippen LogP contribution in [-0.2, 0) is 23.0 Å². The molecular weight excluding hydrogens is 334 g/mol. The first-order chi connectivity index (χ1) is 11.0. The van der Waals surface area contributed by atoms with Crippen molar-refractivity contribution in [1.82, 2.24) is 4.72 Å². The Hall–Kier alpha value is -1.57. The Morgan fingerprint density at radius 2 is 1.91 bits per heavy atom. The smallest absolute Gasteiger partial charge is 0.250 e. The first-order valence-electron chi connectivity index (χ1n) is 7.38. The van der Waals surface area contributed by atoms with Gasteiger partial charge in [0.25, 0.3) is 0 Å². The van der Waals surface area contributed by atoms with Crippen molar-refractivity contribution in [2.45, 2.75) is 31.0 Å². The summed E-state index contributed by atoms with van der Waals surface area (Å²) in [6, 6.07) is 8.87. The van der Waals surface area contributed by atoms with Gasteiger partial charge in [-0.1, -0.05) is 13.0 Å². The quantitative estimate of drug-likeness (QED) is 0.790.